The number of nitrogens with two attached hydrogens (primary N) is 1. The van der Waals surface area contributed by atoms with Crippen molar-refractivity contribution < 1.29 is 22.6 Å². The molecule has 0 amide bonds. The average molecular weight is 364 g/mol. The Morgan fingerprint density at radius 3 is 2.65 bits per heavy atom. The van der Waals surface area contributed by atoms with Crippen LogP contribution in [0, 0.1) is 18.3 Å². The van der Waals surface area contributed by atoms with E-state index in [9.17, 15) is 18.4 Å². The van der Waals surface area contributed by atoms with Gasteiger partial charge in [0.05, 0.1) is 29.8 Å². The number of hydrogen-bond acceptors (Lipinski definition) is 5. The Balaban J connectivity index is 2.24. The van der Waals surface area contributed by atoms with Crippen molar-refractivity contribution in [2.24, 2.45) is 12.8 Å². The molecule has 26 heavy (non-hydrogen) atoms. The first-order valence-corrected chi connectivity index (χ1v) is 7.55. The molecule has 136 valence electrons. The number of benzene rings is 1. The molecule has 1 aliphatic rings. The largest absolute Gasteiger partial charge is 0.496 e. The fourth-order valence-electron chi connectivity index (χ4n) is 3.13. The lowest BCUT2D eigenvalue weighted by atomic mass is 9.83. The zero-order valence-electron chi connectivity index (χ0n) is 14.2. The summed E-state index contributed by atoms with van der Waals surface area (Å²) in [4.78, 5) is 0. The third kappa shape index (κ3) is 2.63. The number of methoxy groups -OCH3 is 1. The smallest absolute Gasteiger partial charge is 0.419 e. The van der Waals surface area contributed by atoms with Crippen molar-refractivity contribution in [2.75, 3.05) is 7.11 Å². The summed E-state index contributed by atoms with van der Waals surface area (Å²) in [6, 6.07) is 5.49. The van der Waals surface area contributed by atoms with Gasteiger partial charge in [-0.25, -0.2) is 4.68 Å². The molecule has 1 unspecified atom stereocenters. The lowest BCUT2D eigenvalue weighted by Gasteiger charge is -2.25. The van der Waals surface area contributed by atoms with E-state index in [4.69, 9.17) is 15.2 Å². The number of aryl methyl sites for hydroxylation is 2. The predicted octanol–water partition coefficient (Wildman–Crippen LogP) is 2.97. The van der Waals surface area contributed by atoms with Crippen LogP contribution in [0.1, 0.15) is 28.3 Å². The number of ether oxygens (including phenoxy) is 2. The molecule has 0 aliphatic carbocycles. The highest BCUT2D eigenvalue weighted by Crippen LogP contribution is 2.45. The molecule has 0 fully saturated rings. The Morgan fingerprint density at radius 2 is 2.08 bits per heavy atom. The van der Waals surface area contributed by atoms with Crippen molar-refractivity contribution in [1.29, 1.82) is 5.26 Å². The van der Waals surface area contributed by atoms with Crippen LogP contribution in [0.2, 0.25) is 0 Å². The van der Waals surface area contributed by atoms with E-state index in [2.05, 4.69) is 5.10 Å². The van der Waals surface area contributed by atoms with Gasteiger partial charge in [-0.1, -0.05) is 6.07 Å². The number of aromatic nitrogens is 2. The lowest BCUT2D eigenvalue weighted by Crippen LogP contribution is -2.22. The van der Waals surface area contributed by atoms with Crippen LogP contribution in [0.15, 0.2) is 29.7 Å². The van der Waals surface area contributed by atoms with Crippen molar-refractivity contribution in [2.45, 2.75) is 19.0 Å². The summed E-state index contributed by atoms with van der Waals surface area (Å²) in [7, 11) is 2.81. The van der Waals surface area contributed by atoms with Gasteiger partial charge in [-0.2, -0.15) is 23.5 Å². The highest BCUT2D eigenvalue weighted by Gasteiger charge is 2.38. The highest BCUT2D eigenvalue weighted by atomic mass is 19.4. The molecule has 1 aromatic heterocycles. The van der Waals surface area contributed by atoms with Crippen LogP contribution in [0.3, 0.4) is 0 Å². The number of alkyl halides is 3. The summed E-state index contributed by atoms with van der Waals surface area (Å²) < 4.78 is 51.3. The van der Waals surface area contributed by atoms with Crippen molar-refractivity contribution in [3.05, 3.63) is 52.0 Å². The molecule has 3 rings (SSSR count). The lowest BCUT2D eigenvalue weighted by molar-refractivity contribution is -0.138. The first-order valence-electron chi connectivity index (χ1n) is 7.55. The fraction of sp³-hybridized carbons (Fsp3) is 0.294. The van der Waals surface area contributed by atoms with Gasteiger partial charge in [-0.15, -0.1) is 0 Å². The Kier molecular flexibility index (Phi) is 4.06. The molecule has 1 atom stereocenters. The van der Waals surface area contributed by atoms with Crippen molar-refractivity contribution >= 4 is 0 Å². The topological polar surface area (TPSA) is 86.1 Å². The molecule has 0 bridgehead atoms. The summed E-state index contributed by atoms with van der Waals surface area (Å²) in [5, 5.41) is 13.8. The van der Waals surface area contributed by atoms with Crippen LogP contribution in [0.4, 0.5) is 13.2 Å². The van der Waals surface area contributed by atoms with Gasteiger partial charge in [0, 0.05) is 7.05 Å². The number of rotatable bonds is 2. The quantitative estimate of drug-likeness (QED) is 0.885. The second-order valence-corrected chi connectivity index (χ2v) is 5.81. The van der Waals surface area contributed by atoms with E-state index in [1.165, 1.54) is 16.8 Å². The number of hydrogen-bond donors (Lipinski definition) is 1. The van der Waals surface area contributed by atoms with E-state index < -0.39 is 17.7 Å². The van der Waals surface area contributed by atoms with Gasteiger partial charge >= 0.3 is 6.18 Å². The SMILES string of the molecule is COc1cc(C2C(C#N)=C(N)Oc3c2c(C)nn3C)ccc1C(F)(F)F. The zero-order valence-corrected chi connectivity index (χ0v) is 14.2. The number of allylic oxidation sites excluding steroid dienone is 1. The van der Waals surface area contributed by atoms with Gasteiger partial charge in [-0.05, 0) is 24.6 Å². The molecule has 0 radical (unpaired) electrons. The molecule has 2 N–H and O–H groups in total. The van der Waals surface area contributed by atoms with Gasteiger partial charge in [0.1, 0.15) is 17.4 Å². The van der Waals surface area contributed by atoms with Gasteiger partial charge < -0.3 is 15.2 Å². The Hall–Kier alpha value is -3.15. The molecule has 2 aromatic rings. The molecule has 1 aliphatic heterocycles. The Bertz CT molecular complexity index is 954. The highest BCUT2D eigenvalue weighted by molar-refractivity contribution is 5.57. The second-order valence-electron chi connectivity index (χ2n) is 5.81. The van der Waals surface area contributed by atoms with Crippen LogP contribution in [-0.4, -0.2) is 16.9 Å². The second kappa shape index (κ2) is 5.98. The van der Waals surface area contributed by atoms with Crippen LogP contribution in [-0.2, 0) is 13.2 Å². The molecule has 1 aromatic carbocycles. The van der Waals surface area contributed by atoms with Crippen LogP contribution in [0.5, 0.6) is 11.6 Å². The van der Waals surface area contributed by atoms with Crippen molar-refractivity contribution in [1.82, 2.24) is 9.78 Å². The third-order valence-corrected chi connectivity index (χ3v) is 4.25. The number of nitriles is 1. The van der Waals surface area contributed by atoms with Crippen LogP contribution >= 0.6 is 0 Å². The van der Waals surface area contributed by atoms with Crippen LogP contribution in [0.25, 0.3) is 0 Å². The minimum absolute atomic E-state index is 0.105. The van der Waals surface area contributed by atoms with Crippen LogP contribution < -0.4 is 15.2 Å². The van der Waals surface area contributed by atoms with Gasteiger partial charge in [0.15, 0.2) is 0 Å². The van der Waals surface area contributed by atoms with Crippen molar-refractivity contribution in [3.63, 3.8) is 0 Å². The third-order valence-electron chi connectivity index (χ3n) is 4.25. The van der Waals surface area contributed by atoms with E-state index in [1.807, 2.05) is 6.07 Å². The van der Waals surface area contributed by atoms with E-state index in [1.54, 1.807) is 14.0 Å². The summed E-state index contributed by atoms with van der Waals surface area (Å²) >= 11 is 0. The molecular weight excluding hydrogens is 349 g/mol. The minimum Gasteiger partial charge on any atom is -0.496 e. The number of halogens is 3. The van der Waals surface area contributed by atoms with Gasteiger partial charge in [-0.3, -0.25) is 0 Å². The average Bonchev–Trinajstić information content (AvgIpc) is 2.86. The van der Waals surface area contributed by atoms with E-state index in [-0.39, 0.29) is 17.2 Å². The fourth-order valence-corrected chi connectivity index (χ4v) is 3.13. The van der Waals surface area contributed by atoms with E-state index in [0.717, 1.165) is 13.2 Å². The predicted molar refractivity (Wildman–Crippen MR) is 85.2 cm³/mol. The number of fused-ring (bicyclic) bond motifs is 1. The van der Waals surface area contributed by atoms with Crippen molar-refractivity contribution in [3.8, 4) is 17.7 Å². The maximum absolute atomic E-state index is 13.1. The molecule has 0 saturated heterocycles. The summed E-state index contributed by atoms with van der Waals surface area (Å²) in [5.74, 6) is -0.788. The standard InChI is InChI=1S/C17H15F3N4O2/c1-8-13-14(10(7-21)15(22)26-16(13)24(2)23-8)9-4-5-11(17(18,19)20)12(6-9)25-3/h4-6,14H,22H2,1-3H3. The monoisotopic (exact) mass is 364 g/mol. The Labute approximate surface area is 147 Å². The molecule has 0 spiro atoms. The van der Waals surface area contributed by atoms with E-state index in [0.29, 0.717) is 22.7 Å². The summed E-state index contributed by atoms with van der Waals surface area (Å²) in [5.41, 5.74) is 6.67. The Morgan fingerprint density at radius 1 is 1.38 bits per heavy atom. The normalized spacial score (nSPS) is 16.7. The molecule has 2 heterocycles. The molecular formula is C17H15F3N4O2. The van der Waals surface area contributed by atoms with E-state index >= 15 is 0 Å². The van der Waals surface area contributed by atoms with Gasteiger partial charge in [0.2, 0.25) is 11.8 Å². The molecule has 0 saturated carbocycles. The summed E-state index contributed by atoms with van der Waals surface area (Å²) in [6.07, 6.45) is -4.55. The maximum Gasteiger partial charge on any atom is 0.419 e. The molecule has 9 heteroatoms. The number of nitrogens with zero attached hydrogens (tertiary/aromatic N) is 3. The van der Waals surface area contributed by atoms with Gasteiger partial charge in [0.25, 0.3) is 0 Å². The first kappa shape index (κ1) is 17.7. The summed E-state index contributed by atoms with van der Waals surface area (Å²) in [6.45, 7) is 1.73. The first-order chi connectivity index (χ1) is 12.2. The zero-order chi connectivity index (χ0) is 19.2. The minimum atomic E-state index is -4.55. The molecule has 6 nitrogen and oxygen atoms in total. The maximum atomic E-state index is 13.1.